The fourth-order valence-corrected chi connectivity index (χ4v) is 1.40. The molecule has 0 amide bonds. The molecule has 1 fully saturated rings. The van der Waals surface area contributed by atoms with Crippen molar-refractivity contribution in [3.05, 3.63) is 11.6 Å². The van der Waals surface area contributed by atoms with Crippen molar-refractivity contribution in [2.45, 2.75) is 33.1 Å². The molecule has 64 valence electrons. The zero-order chi connectivity index (χ0) is 8.10. The third-order valence-corrected chi connectivity index (χ3v) is 2.11. The first kappa shape index (κ1) is 8.79. The van der Waals surface area contributed by atoms with Crippen LogP contribution >= 0.6 is 0 Å². The topological polar surface area (TPSA) is 9.23 Å². The molecule has 1 unspecified atom stereocenters. The lowest BCUT2D eigenvalue weighted by Crippen LogP contribution is -2.16. The van der Waals surface area contributed by atoms with Gasteiger partial charge in [0.25, 0.3) is 0 Å². The van der Waals surface area contributed by atoms with Crippen LogP contribution < -0.4 is 0 Å². The van der Waals surface area contributed by atoms with E-state index in [-0.39, 0.29) is 0 Å². The molecule has 1 heterocycles. The molecule has 0 N–H and O–H groups in total. The second kappa shape index (κ2) is 4.55. The van der Waals surface area contributed by atoms with Crippen LogP contribution in [0.3, 0.4) is 0 Å². The summed E-state index contributed by atoms with van der Waals surface area (Å²) < 4.78 is 5.39. The summed E-state index contributed by atoms with van der Waals surface area (Å²) in [5.74, 6) is 0.790. The Labute approximate surface area is 69.4 Å². The zero-order valence-corrected chi connectivity index (χ0v) is 7.60. The van der Waals surface area contributed by atoms with E-state index in [0.29, 0.717) is 0 Å². The summed E-state index contributed by atoms with van der Waals surface area (Å²) in [7, 11) is 0. The molecule has 1 aliphatic heterocycles. The second-order valence-electron chi connectivity index (χ2n) is 3.60. The highest BCUT2D eigenvalue weighted by Gasteiger charge is 2.11. The summed E-state index contributed by atoms with van der Waals surface area (Å²) >= 11 is 0. The van der Waals surface area contributed by atoms with Gasteiger partial charge in [0, 0.05) is 13.2 Å². The van der Waals surface area contributed by atoms with Gasteiger partial charge in [-0.05, 0) is 39.0 Å². The predicted molar refractivity (Wildman–Crippen MR) is 47.6 cm³/mol. The lowest BCUT2D eigenvalue weighted by molar-refractivity contribution is 0.0559. The first-order chi connectivity index (χ1) is 5.29. The van der Waals surface area contributed by atoms with Crippen molar-refractivity contribution in [3.63, 3.8) is 0 Å². The quantitative estimate of drug-likeness (QED) is 0.556. The van der Waals surface area contributed by atoms with Crippen molar-refractivity contribution < 1.29 is 4.74 Å². The first-order valence-corrected chi connectivity index (χ1v) is 4.50. The molecular formula is C10H18O. The molecule has 1 rings (SSSR count). The minimum absolute atomic E-state index is 0.790. The highest BCUT2D eigenvalue weighted by atomic mass is 16.5. The molecule has 0 aromatic heterocycles. The van der Waals surface area contributed by atoms with Crippen LogP contribution in [0.2, 0.25) is 0 Å². The van der Waals surface area contributed by atoms with Crippen LogP contribution in [-0.2, 0) is 4.74 Å². The van der Waals surface area contributed by atoms with Crippen LogP contribution in [0.25, 0.3) is 0 Å². The maximum atomic E-state index is 5.39. The van der Waals surface area contributed by atoms with Crippen LogP contribution in [0.4, 0.5) is 0 Å². The average molecular weight is 154 g/mol. The van der Waals surface area contributed by atoms with Gasteiger partial charge in [0.1, 0.15) is 0 Å². The fourth-order valence-electron chi connectivity index (χ4n) is 1.40. The monoisotopic (exact) mass is 154 g/mol. The highest BCUT2D eigenvalue weighted by Crippen LogP contribution is 2.17. The third-order valence-electron chi connectivity index (χ3n) is 2.11. The van der Waals surface area contributed by atoms with Crippen molar-refractivity contribution in [2.24, 2.45) is 5.92 Å². The molecule has 1 aliphatic rings. The van der Waals surface area contributed by atoms with Crippen LogP contribution in [0.1, 0.15) is 33.1 Å². The lowest BCUT2D eigenvalue weighted by Gasteiger charge is -2.20. The van der Waals surface area contributed by atoms with Gasteiger partial charge in [-0.15, -0.1) is 0 Å². The van der Waals surface area contributed by atoms with E-state index < -0.39 is 0 Å². The molecule has 0 spiro atoms. The summed E-state index contributed by atoms with van der Waals surface area (Å²) in [6, 6.07) is 0. The summed E-state index contributed by atoms with van der Waals surface area (Å²) in [4.78, 5) is 0. The van der Waals surface area contributed by atoms with Gasteiger partial charge in [0.15, 0.2) is 0 Å². The SMILES string of the molecule is CC(C)=CCC1CCCOC1. The molecule has 0 aromatic rings. The fraction of sp³-hybridized carbons (Fsp3) is 0.800. The van der Waals surface area contributed by atoms with Crippen molar-refractivity contribution in [3.8, 4) is 0 Å². The van der Waals surface area contributed by atoms with Crippen LogP contribution in [-0.4, -0.2) is 13.2 Å². The average Bonchev–Trinajstić information content (AvgIpc) is 2.03. The van der Waals surface area contributed by atoms with E-state index in [1.165, 1.54) is 24.8 Å². The molecule has 0 aliphatic carbocycles. The van der Waals surface area contributed by atoms with E-state index in [2.05, 4.69) is 19.9 Å². The maximum Gasteiger partial charge on any atom is 0.0497 e. The minimum Gasteiger partial charge on any atom is -0.381 e. The van der Waals surface area contributed by atoms with E-state index >= 15 is 0 Å². The molecule has 1 heteroatoms. The molecule has 11 heavy (non-hydrogen) atoms. The number of hydrogen-bond donors (Lipinski definition) is 0. The second-order valence-corrected chi connectivity index (χ2v) is 3.60. The van der Waals surface area contributed by atoms with Crippen LogP contribution in [0.15, 0.2) is 11.6 Å². The van der Waals surface area contributed by atoms with E-state index in [9.17, 15) is 0 Å². The largest absolute Gasteiger partial charge is 0.381 e. The Hall–Kier alpha value is -0.300. The van der Waals surface area contributed by atoms with Crippen molar-refractivity contribution in [1.82, 2.24) is 0 Å². The Morgan fingerprint density at radius 1 is 1.55 bits per heavy atom. The van der Waals surface area contributed by atoms with Gasteiger partial charge in [-0.1, -0.05) is 11.6 Å². The minimum atomic E-state index is 0.790. The van der Waals surface area contributed by atoms with E-state index in [4.69, 9.17) is 4.74 Å². The summed E-state index contributed by atoms with van der Waals surface area (Å²) in [5.41, 5.74) is 1.43. The predicted octanol–water partition coefficient (Wildman–Crippen LogP) is 2.77. The van der Waals surface area contributed by atoms with Gasteiger partial charge < -0.3 is 4.74 Å². The van der Waals surface area contributed by atoms with Gasteiger partial charge in [0.05, 0.1) is 0 Å². The van der Waals surface area contributed by atoms with Gasteiger partial charge in [-0.3, -0.25) is 0 Å². The Balaban J connectivity index is 2.19. The molecule has 0 bridgehead atoms. The molecule has 0 aromatic carbocycles. The number of ether oxygens (including phenoxy) is 1. The molecule has 1 nitrogen and oxygen atoms in total. The molecular weight excluding hydrogens is 136 g/mol. The summed E-state index contributed by atoms with van der Waals surface area (Å²) in [6.45, 7) is 6.27. The first-order valence-electron chi connectivity index (χ1n) is 4.50. The Morgan fingerprint density at radius 2 is 2.36 bits per heavy atom. The Morgan fingerprint density at radius 3 is 2.91 bits per heavy atom. The number of rotatable bonds is 2. The molecule has 0 radical (unpaired) electrons. The smallest absolute Gasteiger partial charge is 0.0497 e. The Kier molecular flexibility index (Phi) is 3.64. The normalized spacial score (nSPS) is 24.7. The number of hydrogen-bond acceptors (Lipinski definition) is 1. The summed E-state index contributed by atoms with van der Waals surface area (Å²) in [6.07, 6.45) is 6.13. The van der Waals surface area contributed by atoms with Crippen molar-refractivity contribution in [1.29, 1.82) is 0 Å². The van der Waals surface area contributed by atoms with E-state index in [0.717, 1.165) is 19.1 Å². The molecule has 1 saturated heterocycles. The maximum absolute atomic E-state index is 5.39. The molecule has 1 atom stereocenters. The van der Waals surface area contributed by atoms with Gasteiger partial charge in [0.2, 0.25) is 0 Å². The summed E-state index contributed by atoms with van der Waals surface area (Å²) in [5, 5.41) is 0. The molecule has 0 saturated carbocycles. The van der Waals surface area contributed by atoms with Crippen molar-refractivity contribution in [2.75, 3.05) is 13.2 Å². The van der Waals surface area contributed by atoms with Crippen molar-refractivity contribution >= 4 is 0 Å². The number of allylic oxidation sites excluding steroid dienone is 2. The lowest BCUT2D eigenvalue weighted by atomic mass is 9.98. The van der Waals surface area contributed by atoms with E-state index in [1.54, 1.807) is 0 Å². The van der Waals surface area contributed by atoms with Gasteiger partial charge in [-0.2, -0.15) is 0 Å². The van der Waals surface area contributed by atoms with Crippen LogP contribution in [0, 0.1) is 5.92 Å². The standard InChI is InChI=1S/C10H18O/c1-9(2)5-6-10-4-3-7-11-8-10/h5,10H,3-4,6-8H2,1-2H3. The third kappa shape index (κ3) is 3.57. The van der Waals surface area contributed by atoms with Gasteiger partial charge >= 0.3 is 0 Å². The zero-order valence-electron chi connectivity index (χ0n) is 7.60. The van der Waals surface area contributed by atoms with E-state index in [1.807, 2.05) is 0 Å². The highest BCUT2D eigenvalue weighted by molar-refractivity contribution is 4.94. The van der Waals surface area contributed by atoms with Crippen LogP contribution in [0.5, 0.6) is 0 Å². The van der Waals surface area contributed by atoms with Gasteiger partial charge in [-0.25, -0.2) is 0 Å². The Bertz CT molecular complexity index is 128.